The molecule has 0 amide bonds. The van der Waals surface area contributed by atoms with Gasteiger partial charge in [0, 0.05) is 6.92 Å². The van der Waals surface area contributed by atoms with Crippen molar-refractivity contribution in [3.05, 3.63) is 5.82 Å². The van der Waals surface area contributed by atoms with Gasteiger partial charge in [0.1, 0.15) is 0 Å². The fourth-order valence-corrected chi connectivity index (χ4v) is 0.734. The van der Waals surface area contributed by atoms with Gasteiger partial charge in [0.2, 0.25) is 11.9 Å². The van der Waals surface area contributed by atoms with Crippen LogP contribution in [0.25, 0.3) is 0 Å². The molecule has 0 atom stereocenters. The Morgan fingerprint density at radius 3 is 2.54 bits per heavy atom. The Bertz CT molecular complexity index is 357. The van der Waals surface area contributed by atoms with E-state index < -0.39 is 11.9 Å². The average molecular weight is 184 g/mol. The summed E-state index contributed by atoms with van der Waals surface area (Å²) in [6, 6.07) is 0. The molecule has 0 aromatic carbocycles. The highest BCUT2D eigenvalue weighted by Gasteiger charge is 2.16. The number of methoxy groups -OCH3 is 1. The van der Waals surface area contributed by atoms with Gasteiger partial charge in [0.05, 0.1) is 7.11 Å². The van der Waals surface area contributed by atoms with Crippen molar-refractivity contribution in [2.45, 2.75) is 6.92 Å². The third-order valence-electron chi connectivity index (χ3n) is 1.30. The number of carbonyl (C=O) groups excluding carboxylic acids is 2. The van der Waals surface area contributed by atoms with Crippen molar-refractivity contribution >= 4 is 17.8 Å². The Morgan fingerprint density at radius 1 is 1.54 bits per heavy atom. The fraction of sp³-hybridized carbons (Fsp3) is 0.333. The highest BCUT2D eigenvalue weighted by Crippen LogP contribution is 2.00. The third kappa shape index (κ3) is 1.63. The molecule has 1 rings (SSSR count). The molecule has 1 aromatic rings. The first-order valence-electron chi connectivity index (χ1n) is 3.38. The molecular weight excluding hydrogens is 176 g/mol. The summed E-state index contributed by atoms with van der Waals surface area (Å²) in [6.07, 6.45) is 0. The Kier molecular flexibility index (Phi) is 2.27. The van der Waals surface area contributed by atoms with Crippen LogP contribution in [0.5, 0.6) is 0 Å². The van der Waals surface area contributed by atoms with E-state index in [1.165, 1.54) is 14.0 Å². The van der Waals surface area contributed by atoms with E-state index in [-0.39, 0.29) is 11.8 Å². The number of carbonyl (C=O) groups is 2. The van der Waals surface area contributed by atoms with Gasteiger partial charge in [-0.1, -0.05) is 0 Å². The van der Waals surface area contributed by atoms with Gasteiger partial charge in [0.25, 0.3) is 5.82 Å². The second-order valence-electron chi connectivity index (χ2n) is 2.22. The van der Waals surface area contributed by atoms with Crippen LogP contribution in [0.4, 0.5) is 5.95 Å². The lowest BCUT2D eigenvalue weighted by molar-refractivity contribution is 0.0587. The minimum atomic E-state index is -0.730. The summed E-state index contributed by atoms with van der Waals surface area (Å²) in [7, 11) is 1.19. The Balaban J connectivity index is 3.09. The molecular formula is C6H8N4O3. The van der Waals surface area contributed by atoms with Crippen molar-refractivity contribution in [3.63, 3.8) is 0 Å². The maximum Gasteiger partial charge on any atom is 0.378 e. The molecule has 7 heteroatoms. The first kappa shape index (κ1) is 9.17. The van der Waals surface area contributed by atoms with Crippen molar-refractivity contribution < 1.29 is 14.3 Å². The normalized spacial score (nSPS) is 9.69. The molecule has 0 bridgehead atoms. The largest absolute Gasteiger partial charge is 0.463 e. The van der Waals surface area contributed by atoms with Crippen molar-refractivity contribution in [1.82, 2.24) is 14.8 Å². The topological polar surface area (TPSA) is 100 Å². The van der Waals surface area contributed by atoms with E-state index in [1.54, 1.807) is 0 Å². The van der Waals surface area contributed by atoms with Crippen molar-refractivity contribution in [2.75, 3.05) is 12.8 Å². The van der Waals surface area contributed by atoms with Crippen LogP contribution in [0, 0.1) is 0 Å². The van der Waals surface area contributed by atoms with Crippen LogP contribution in [0.1, 0.15) is 22.3 Å². The maximum atomic E-state index is 10.9. The summed E-state index contributed by atoms with van der Waals surface area (Å²) in [5.74, 6) is -1.50. The summed E-state index contributed by atoms with van der Waals surface area (Å²) >= 11 is 0. The number of hydrogen-bond donors (Lipinski definition) is 1. The van der Waals surface area contributed by atoms with Crippen molar-refractivity contribution in [2.24, 2.45) is 0 Å². The second kappa shape index (κ2) is 3.21. The third-order valence-corrected chi connectivity index (χ3v) is 1.30. The number of nitrogens with two attached hydrogens (primary N) is 1. The lowest BCUT2D eigenvalue weighted by atomic mass is 10.6. The van der Waals surface area contributed by atoms with Gasteiger partial charge >= 0.3 is 5.97 Å². The number of rotatable bonds is 1. The summed E-state index contributed by atoms with van der Waals surface area (Å²) in [5, 5.41) is 3.54. The van der Waals surface area contributed by atoms with E-state index in [9.17, 15) is 9.59 Å². The zero-order valence-electron chi connectivity index (χ0n) is 7.14. The van der Waals surface area contributed by atoms with Crippen LogP contribution in [-0.2, 0) is 4.74 Å². The average Bonchev–Trinajstić information content (AvgIpc) is 2.46. The van der Waals surface area contributed by atoms with Crippen LogP contribution in [0.2, 0.25) is 0 Å². The molecule has 1 aromatic heterocycles. The SMILES string of the molecule is COC(=O)c1nc(N)n(C(C)=O)n1. The molecule has 0 aliphatic rings. The lowest BCUT2D eigenvalue weighted by Gasteiger charge is -1.92. The number of nitrogen functional groups attached to an aromatic ring is 1. The van der Waals surface area contributed by atoms with E-state index in [1.807, 2.05) is 0 Å². The molecule has 0 fully saturated rings. The fourth-order valence-electron chi connectivity index (χ4n) is 0.734. The number of hydrogen-bond acceptors (Lipinski definition) is 6. The molecule has 1 heterocycles. The highest BCUT2D eigenvalue weighted by molar-refractivity contribution is 5.86. The van der Waals surface area contributed by atoms with Crippen molar-refractivity contribution in [3.8, 4) is 0 Å². The molecule has 13 heavy (non-hydrogen) atoms. The van der Waals surface area contributed by atoms with Crippen LogP contribution in [0.15, 0.2) is 0 Å². The van der Waals surface area contributed by atoms with E-state index >= 15 is 0 Å². The summed E-state index contributed by atoms with van der Waals surface area (Å²) < 4.78 is 5.17. The summed E-state index contributed by atoms with van der Waals surface area (Å²) in [6.45, 7) is 1.26. The minimum absolute atomic E-state index is 0.132. The van der Waals surface area contributed by atoms with Gasteiger partial charge in [-0.25, -0.2) is 4.79 Å². The summed E-state index contributed by atoms with van der Waals surface area (Å²) in [4.78, 5) is 25.2. The van der Waals surface area contributed by atoms with E-state index in [0.29, 0.717) is 0 Å². The molecule has 70 valence electrons. The van der Waals surface area contributed by atoms with Gasteiger partial charge in [-0.2, -0.15) is 9.67 Å². The first-order chi connectivity index (χ1) is 6.06. The number of nitrogens with zero attached hydrogens (tertiary/aromatic N) is 3. The predicted molar refractivity (Wildman–Crippen MR) is 42.1 cm³/mol. The highest BCUT2D eigenvalue weighted by atomic mass is 16.5. The number of esters is 1. The maximum absolute atomic E-state index is 10.9. The summed E-state index contributed by atoms with van der Waals surface area (Å²) in [5.41, 5.74) is 5.30. The van der Waals surface area contributed by atoms with Gasteiger partial charge in [-0.05, 0) is 0 Å². The second-order valence-corrected chi connectivity index (χ2v) is 2.22. The molecule has 0 spiro atoms. The monoisotopic (exact) mass is 184 g/mol. The number of ether oxygens (including phenoxy) is 1. The van der Waals surface area contributed by atoms with E-state index in [0.717, 1.165) is 4.68 Å². The smallest absolute Gasteiger partial charge is 0.378 e. The van der Waals surface area contributed by atoms with Crippen LogP contribution in [-0.4, -0.2) is 33.8 Å². The molecule has 0 radical (unpaired) electrons. The van der Waals surface area contributed by atoms with E-state index in [2.05, 4.69) is 14.8 Å². The lowest BCUT2D eigenvalue weighted by Crippen LogP contribution is -2.12. The zero-order valence-corrected chi connectivity index (χ0v) is 7.14. The molecule has 7 nitrogen and oxygen atoms in total. The standard InChI is InChI=1S/C6H8N4O3/c1-3(11)10-6(7)8-4(9-10)5(12)13-2/h1-2H3,(H2,7,8,9). The van der Waals surface area contributed by atoms with Gasteiger partial charge < -0.3 is 10.5 Å². The molecule has 0 saturated carbocycles. The Labute approximate surface area is 73.5 Å². The number of anilines is 1. The van der Waals surface area contributed by atoms with Gasteiger partial charge in [-0.15, -0.1) is 5.10 Å². The van der Waals surface area contributed by atoms with E-state index in [4.69, 9.17) is 5.73 Å². The van der Waals surface area contributed by atoms with Crippen LogP contribution in [0.3, 0.4) is 0 Å². The van der Waals surface area contributed by atoms with Gasteiger partial charge in [0.15, 0.2) is 0 Å². The Hall–Kier alpha value is -1.92. The molecule has 0 aliphatic carbocycles. The van der Waals surface area contributed by atoms with Crippen molar-refractivity contribution in [1.29, 1.82) is 0 Å². The molecule has 0 unspecified atom stereocenters. The first-order valence-corrected chi connectivity index (χ1v) is 3.38. The molecule has 0 saturated heterocycles. The zero-order chi connectivity index (χ0) is 10.0. The van der Waals surface area contributed by atoms with Gasteiger partial charge in [-0.3, -0.25) is 4.79 Å². The Morgan fingerprint density at radius 2 is 2.15 bits per heavy atom. The number of aromatic nitrogens is 3. The molecule has 2 N–H and O–H groups in total. The quantitative estimate of drug-likeness (QED) is 0.579. The van der Waals surface area contributed by atoms with Crippen LogP contribution < -0.4 is 5.73 Å². The minimum Gasteiger partial charge on any atom is -0.463 e. The van der Waals surface area contributed by atoms with Crippen LogP contribution >= 0.6 is 0 Å². The predicted octanol–water partition coefficient (Wildman–Crippen LogP) is -0.693. The molecule has 0 aliphatic heterocycles.